The Morgan fingerprint density at radius 3 is 2.74 bits per heavy atom. The van der Waals surface area contributed by atoms with Crippen molar-refractivity contribution in [1.82, 2.24) is 9.55 Å². The van der Waals surface area contributed by atoms with Gasteiger partial charge in [0.05, 0.1) is 5.02 Å². The summed E-state index contributed by atoms with van der Waals surface area (Å²) >= 11 is 5.76. The number of amides is 1. The van der Waals surface area contributed by atoms with E-state index < -0.39 is 0 Å². The molecule has 19 heavy (non-hydrogen) atoms. The van der Waals surface area contributed by atoms with E-state index in [-0.39, 0.29) is 11.9 Å². The van der Waals surface area contributed by atoms with Gasteiger partial charge in [0.15, 0.2) is 0 Å². The number of pyridine rings is 1. The van der Waals surface area contributed by atoms with Crippen molar-refractivity contribution in [3.63, 3.8) is 0 Å². The van der Waals surface area contributed by atoms with Crippen LogP contribution in [0.15, 0.2) is 42.9 Å². The highest BCUT2D eigenvalue weighted by atomic mass is 35.5. The second-order valence-corrected chi connectivity index (χ2v) is 4.72. The van der Waals surface area contributed by atoms with Gasteiger partial charge in [0.1, 0.15) is 11.9 Å². The molecule has 4 nitrogen and oxygen atoms in total. The van der Waals surface area contributed by atoms with Gasteiger partial charge in [0.25, 0.3) is 0 Å². The van der Waals surface area contributed by atoms with Gasteiger partial charge in [0.2, 0.25) is 5.91 Å². The Bertz CT molecular complexity index is 522. The number of nitrogens with zero attached hydrogens (tertiary/aromatic N) is 2. The van der Waals surface area contributed by atoms with E-state index in [9.17, 15) is 4.79 Å². The molecule has 0 aromatic carbocycles. The quantitative estimate of drug-likeness (QED) is 0.909. The lowest BCUT2D eigenvalue weighted by Crippen LogP contribution is -2.25. The van der Waals surface area contributed by atoms with Crippen LogP contribution in [-0.2, 0) is 4.79 Å². The normalized spacial score (nSPS) is 12.1. The Balaban J connectivity index is 2.09. The Kier molecular flexibility index (Phi) is 4.58. The van der Waals surface area contributed by atoms with Gasteiger partial charge < -0.3 is 9.88 Å². The number of anilines is 1. The third-order valence-electron chi connectivity index (χ3n) is 2.83. The van der Waals surface area contributed by atoms with Crippen molar-refractivity contribution >= 4 is 23.3 Å². The largest absolute Gasteiger partial charge is 0.342 e. The first-order valence-electron chi connectivity index (χ1n) is 6.25. The zero-order valence-corrected chi connectivity index (χ0v) is 11.5. The van der Waals surface area contributed by atoms with Gasteiger partial charge in [-0.3, -0.25) is 4.79 Å². The molecule has 0 aliphatic heterocycles. The maximum absolute atomic E-state index is 12.3. The van der Waals surface area contributed by atoms with Crippen LogP contribution in [0.25, 0.3) is 0 Å². The second-order valence-electron chi connectivity index (χ2n) is 4.29. The Hall–Kier alpha value is -1.81. The number of aromatic nitrogens is 2. The van der Waals surface area contributed by atoms with Gasteiger partial charge in [-0.1, -0.05) is 24.9 Å². The van der Waals surface area contributed by atoms with Crippen molar-refractivity contribution in [2.24, 2.45) is 0 Å². The minimum atomic E-state index is -0.211. The van der Waals surface area contributed by atoms with Crippen molar-refractivity contribution in [1.29, 1.82) is 0 Å². The van der Waals surface area contributed by atoms with Gasteiger partial charge in [-0.2, -0.15) is 0 Å². The van der Waals surface area contributed by atoms with E-state index in [4.69, 9.17) is 11.6 Å². The number of nitrogens with one attached hydrogen (secondary N) is 1. The van der Waals surface area contributed by atoms with Gasteiger partial charge in [-0.05, 0) is 30.7 Å². The monoisotopic (exact) mass is 277 g/mol. The molecule has 0 saturated heterocycles. The van der Waals surface area contributed by atoms with E-state index in [1.165, 1.54) is 6.20 Å². The lowest BCUT2D eigenvalue weighted by atomic mass is 10.1. The minimum Gasteiger partial charge on any atom is -0.342 e. The number of hydrogen-bond donors (Lipinski definition) is 1. The van der Waals surface area contributed by atoms with Gasteiger partial charge in [-0.25, -0.2) is 4.98 Å². The van der Waals surface area contributed by atoms with Crippen LogP contribution in [0.1, 0.15) is 25.8 Å². The molecule has 0 fully saturated rings. The summed E-state index contributed by atoms with van der Waals surface area (Å²) in [6, 6.07) is 7.01. The summed E-state index contributed by atoms with van der Waals surface area (Å²) in [5, 5.41) is 3.36. The van der Waals surface area contributed by atoms with Crippen LogP contribution in [0.3, 0.4) is 0 Å². The standard InChI is InChI=1S/C14H16ClN3O/c1-2-5-12(18-8-3-4-9-18)14(19)17-13-7-6-11(15)10-16-13/h3-4,6-10,12H,2,5H2,1H3,(H,16,17,19). The molecule has 1 unspecified atom stereocenters. The average molecular weight is 278 g/mol. The molecule has 2 aromatic rings. The molecule has 1 amide bonds. The maximum Gasteiger partial charge on any atom is 0.248 e. The second kappa shape index (κ2) is 6.38. The van der Waals surface area contributed by atoms with Crippen LogP contribution in [0.4, 0.5) is 5.82 Å². The zero-order valence-electron chi connectivity index (χ0n) is 10.7. The fraction of sp³-hybridized carbons (Fsp3) is 0.286. The highest BCUT2D eigenvalue weighted by Gasteiger charge is 2.18. The van der Waals surface area contributed by atoms with E-state index in [0.717, 1.165) is 12.8 Å². The molecular formula is C14H16ClN3O. The van der Waals surface area contributed by atoms with E-state index in [1.54, 1.807) is 12.1 Å². The molecule has 100 valence electrons. The minimum absolute atomic E-state index is 0.0622. The summed E-state index contributed by atoms with van der Waals surface area (Å²) in [5.41, 5.74) is 0. The van der Waals surface area contributed by atoms with Crippen LogP contribution in [0.5, 0.6) is 0 Å². The molecule has 2 aromatic heterocycles. The number of halogens is 1. The Morgan fingerprint density at radius 1 is 1.42 bits per heavy atom. The van der Waals surface area contributed by atoms with Crippen molar-refractivity contribution in [3.8, 4) is 0 Å². The first kappa shape index (κ1) is 13.6. The van der Waals surface area contributed by atoms with E-state index in [0.29, 0.717) is 10.8 Å². The van der Waals surface area contributed by atoms with Gasteiger partial charge in [0, 0.05) is 18.6 Å². The predicted molar refractivity (Wildman–Crippen MR) is 76.3 cm³/mol. The van der Waals surface area contributed by atoms with Crippen LogP contribution in [0, 0.1) is 0 Å². The van der Waals surface area contributed by atoms with Crippen LogP contribution >= 0.6 is 11.6 Å². The van der Waals surface area contributed by atoms with Gasteiger partial charge >= 0.3 is 0 Å². The smallest absolute Gasteiger partial charge is 0.248 e. The van der Waals surface area contributed by atoms with Gasteiger partial charge in [-0.15, -0.1) is 0 Å². The molecule has 5 heteroatoms. The Morgan fingerprint density at radius 2 is 2.16 bits per heavy atom. The number of carbonyl (C=O) groups is 1. The topological polar surface area (TPSA) is 46.9 Å². The van der Waals surface area contributed by atoms with Crippen LogP contribution in [0.2, 0.25) is 5.02 Å². The maximum atomic E-state index is 12.3. The van der Waals surface area contributed by atoms with Crippen LogP contribution in [-0.4, -0.2) is 15.5 Å². The third-order valence-corrected chi connectivity index (χ3v) is 3.05. The lowest BCUT2D eigenvalue weighted by molar-refractivity contribution is -0.119. The summed E-state index contributed by atoms with van der Waals surface area (Å²) in [6.07, 6.45) is 7.03. The molecule has 1 N–H and O–H groups in total. The molecule has 0 spiro atoms. The van der Waals surface area contributed by atoms with E-state index in [1.807, 2.05) is 29.1 Å². The van der Waals surface area contributed by atoms with E-state index >= 15 is 0 Å². The molecule has 2 heterocycles. The average Bonchev–Trinajstić information content (AvgIpc) is 2.92. The molecule has 0 aliphatic carbocycles. The molecule has 0 aliphatic rings. The summed E-state index contributed by atoms with van der Waals surface area (Å²) in [7, 11) is 0. The molecule has 0 bridgehead atoms. The molecule has 0 saturated carbocycles. The molecule has 1 atom stereocenters. The van der Waals surface area contributed by atoms with Crippen molar-refractivity contribution < 1.29 is 4.79 Å². The Labute approximate surface area is 117 Å². The number of carbonyl (C=O) groups excluding carboxylic acids is 1. The summed E-state index contributed by atoms with van der Waals surface area (Å²) in [5.74, 6) is 0.454. The summed E-state index contributed by atoms with van der Waals surface area (Å²) in [6.45, 7) is 2.06. The first-order valence-corrected chi connectivity index (χ1v) is 6.63. The fourth-order valence-corrected chi connectivity index (χ4v) is 2.02. The van der Waals surface area contributed by atoms with E-state index in [2.05, 4.69) is 17.2 Å². The first-order chi connectivity index (χ1) is 9.20. The fourth-order valence-electron chi connectivity index (χ4n) is 1.90. The predicted octanol–water partition coefficient (Wildman–Crippen LogP) is 3.52. The molecule has 2 rings (SSSR count). The zero-order chi connectivity index (χ0) is 13.7. The van der Waals surface area contributed by atoms with Crippen molar-refractivity contribution in [2.75, 3.05) is 5.32 Å². The lowest BCUT2D eigenvalue weighted by Gasteiger charge is -2.17. The molecular weight excluding hydrogens is 262 g/mol. The van der Waals surface area contributed by atoms with Crippen LogP contribution < -0.4 is 5.32 Å². The highest BCUT2D eigenvalue weighted by Crippen LogP contribution is 2.17. The summed E-state index contributed by atoms with van der Waals surface area (Å²) in [4.78, 5) is 16.3. The highest BCUT2D eigenvalue weighted by molar-refractivity contribution is 6.30. The van der Waals surface area contributed by atoms with Crippen molar-refractivity contribution in [3.05, 3.63) is 47.9 Å². The van der Waals surface area contributed by atoms with Crippen molar-refractivity contribution in [2.45, 2.75) is 25.8 Å². The third kappa shape index (κ3) is 3.58. The molecule has 0 radical (unpaired) electrons. The summed E-state index contributed by atoms with van der Waals surface area (Å²) < 4.78 is 1.91. The number of hydrogen-bond acceptors (Lipinski definition) is 2. The SMILES string of the molecule is CCCC(C(=O)Nc1ccc(Cl)cn1)n1cccc1. The number of rotatable bonds is 5.